The molecule has 1 N–H and O–H groups in total. The lowest BCUT2D eigenvalue weighted by atomic mass is 9.77. The van der Waals surface area contributed by atoms with Gasteiger partial charge < -0.3 is 5.32 Å². The predicted octanol–water partition coefficient (Wildman–Crippen LogP) is 3.16. The summed E-state index contributed by atoms with van der Waals surface area (Å²) >= 11 is 0. The summed E-state index contributed by atoms with van der Waals surface area (Å²) in [6.07, 6.45) is 8.98. The van der Waals surface area contributed by atoms with Crippen LogP contribution < -0.4 is 5.32 Å². The van der Waals surface area contributed by atoms with Crippen LogP contribution in [0.4, 0.5) is 0 Å². The van der Waals surface area contributed by atoms with Gasteiger partial charge in [0, 0.05) is 25.8 Å². The van der Waals surface area contributed by atoms with Gasteiger partial charge in [0.2, 0.25) is 0 Å². The largest absolute Gasteiger partial charge is 0.314 e. The highest BCUT2D eigenvalue weighted by Gasteiger charge is 2.25. The summed E-state index contributed by atoms with van der Waals surface area (Å²) < 4.78 is 1.89. The second-order valence-electron chi connectivity index (χ2n) is 5.76. The zero-order chi connectivity index (χ0) is 13.6. The molecule has 0 aliphatic heterocycles. The number of rotatable bonds is 8. The van der Waals surface area contributed by atoms with Gasteiger partial charge in [-0.1, -0.05) is 27.7 Å². The van der Waals surface area contributed by atoms with Gasteiger partial charge in [0.25, 0.3) is 0 Å². The number of aromatic nitrogens is 2. The van der Waals surface area contributed by atoms with Gasteiger partial charge in [-0.3, -0.25) is 4.68 Å². The average Bonchev–Trinajstić information content (AvgIpc) is 2.76. The molecule has 0 saturated heterocycles. The number of nitrogens with one attached hydrogen (secondary N) is 1. The molecule has 3 heteroatoms. The highest BCUT2D eigenvalue weighted by Crippen LogP contribution is 2.31. The van der Waals surface area contributed by atoms with Crippen LogP contribution in [0, 0.1) is 5.41 Å². The quantitative estimate of drug-likeness (QED) is 0.769. The molecule has 0 amide bonds. The van der Waals surface area contributed by atoms with Gasteiger partial charge >= 0.3 is 0 Å². The van der Waals surface area contributed by atoms with Crippen LogP contribution in [0.2, 0.25) is 0 Å². The molecular weight excluding hydrogens is 222 g/mol. The third kappa shape index (κ3) is 4.45. The van der Waals surface area contributed by atoms with Crippen molar-refractivity contribution in [1.29, 1.82) is 0 Å². The number of hydrogen-bond donors (Lipinski definition) is 1. The summed E-state index contributed by atoms with van der Waals surface area (Å²) in [4.78, 5) is 0. The van der Waals surface area contributed by atoms with E-state index in [1.54, 1.807) is 0 Å². The van der Waals surface area contributed by atoms with E-state index in [4.69, 9.17) is 0 Å². The fraction of sp³-hybridized carbons (Fsp3) is 0.800. The summed E-state index contributed by atoms with van der Waals surface area (Å²) in [6.45, 7) is 10.2. The molecule has 1 heterocycles. The number of aryl methyl sites for hydroxylation is 2. The van der Waals surface area contributed by atoms with E-state index in [-0.39, 0.29) is 0 Å². The van der Waals surface area contributed by atoms with E-state index in [9.17, 15) is 0 Å². The first kappa shape index (κ1) is 15.2. The van der Waals surface area contributed by atoms with Crippen LogP contribution in [0.15, 0.2) is 12.4 Å². The van der Waals surface area contributed by atoms with Gasteiger partial charge in [0.15, 0.2) is 0 Å². The van der Waals surface area contributed by atoms with Crippen molar-refractivity contribution >= 4 is 0 Å². The number of nitrogens with zero attached hydrogens (tertiary/aromatic N) is 2. The van der Waals surface area contributed by atoms with Crippen molar-refractivity contribution < 1.29 is 0 Å². The lowest BCUT2D eigenvalue weighted by molar-refractivity contribution is 0.222. The molecule has 0 aliphatic rings. The van der Waals surface area contributed by atoms with Crippen molar-refractivity contribution in [1.82, 2.24) is 15.1 Å². The van der Waals surface area contributed by atoms with E-state index in [1.165, 1.54) is 24.8 Å². The SMILES string of the molecule is CCC(CC)(CCc1cnn(C)c1)CNC(C)C. The minimum atomic E-state index is 0.431. The van der Waals surface area contributed by atoms with Gasteiger partial charge in [-0.05, 0) is 36.7 Å². The van der Waals surface area contributed by atoms with Crippen molar-refractivity contribution in [3.8, 4) is 0 Å². The summed E-state index contributed by atoms with van der Waals surface area (Å²) in [5, 5.41) is 7.85. The second kappa shape index (κ2) is 6.93. The van der Waals surface area contributed by atoms with Gasteiger partial charge in [0.05, 0.1) is 6.20 Å². The van der Waals surface area contributed by atoms with Crippen LogP contribution in [0.3, 0.4) is 0 Å². The van der Waals surface area contributed by atoms with Crippen molar-refractivity contribution in [3.05, 3.63) is 18.0 Å². The molecule has 0 radical (unpaired) electrons. The Kier molecular flexibility index (Phi) is 5.86. The van der Waals surface area contributed by atoms with E-state index in [0.717, 1.165) is 13.0 Å². The Balaban J connectivity index is 2.55. The Hall–Kier alpha value is -0.830. The molecule has 0 unspecified atom stereocenters. The Bertz CT molecular complexity index is 337. The molecule has 18 heavy (non-hydrogen) atoms. The first-order valence-electron chi connectivity index (χ1n) is 7.22. The monoisotopic (exact) mass is 251 g/mol. The van der Waals surface area contributed by atoms with Crippen molar-refractivity contribution in [2.24, 2.45) is 12.5 Å². The second-order valence-corrected chi connectivity index (χ2v) is 5.76. The summed E-state index contributed by atoms with van der Waals surface area (Å²) in [5.41, 5.74) is 1.79. The van der Waals surface area contributed by atoms with Crippen LogP contribution >= 0.6 is 0 Å². The predicted molar refractivity (Wildman–Crippen MR) is 77.7 cm³/mol. The lowest BCUT2D eigenvalue weighted by Gasteiger charge is -2.33. The third-order valence-corrected chi connectivity index (χ3v) is 4.09. The fourth-order valence-electron chi connectivity index (χ4n) is 2.37. The van der Waals surface area contributed by atoms with Crippen LogP contribution in [-0.4, -0.2) is 22.4 Å². The van der Waals surface area contributed by atoms with Crippen molar-refractivity contribution in [2.45, 2.75) is 59.4 Å². The molecule has 3 nitrogen and oxygen atoms in total. The topological polar surface area (TPSA) is 29.9 Å². The Morgan fingerprint density at radius 2 is 2.00 bits per heavy atom. The van der Waals surface area contributed by atoms with Gasteiger partial charge in [-0.25, -0.2) is 0 Å². The van der Waals surface area contributed by atoms with Gasteiger partial charge in [-0.2, -0.15) is 5.10 Å². The molecule has 0 aromatic carbocycles. The zero-order valence-corrected chi connectivity index (χ0v) is 12.7. The van der Waals surface area contributed by atoms with E-state index < -0.39 is 0 Å². The van der Waals surface area contributed by atoms with Crippen LogP contribution in [0.1, 0.15) is 52.5 Å². The average molecular weight is 251 g/mol. The summed E-state index contributed by atoms with van der Waals surface area (Å²) in [6, 6.07) is 0.570. The maximum absolute atomic E-state index is 4.24. The van der Waals surface area contributed by atoms with Crippen LogP contribution in [-0.2, 0) is 13.5 Å². The molecule has 1 aromatic rings. The van der Waals surface area contributed by atoms with Crippen molar-refractivity contribution in [3.63, 3.8) is 0 Å². The fourth-order valence-corrected chi connectivity index (χ4v) is 2.37. The van der Waals surface area contributed by atoms with Crippen LogP contribution in [0.5, 0.6) is 0 Å². The van der Waals surface area contributed by atoms with Crippen molar-refractivity contribution in [2.75, 3.05) is 6.54 Å². The highest BCUT2D eigenvalue weighted by molar-refractivity contribution is 5.04. The highest BCUT2D eigenvalue weighted by atomic mass is 15.2. The molecule has 0 spiro atoms. The van der Waals surface area contributed by atoms with E-state index in [0.29, 0.717) is 11.5 Å². The third-order valence-electron chi connectivity index (χ3n) is 4.09. The molecule has 0 atom stereocenters. The van der Waals surface area contributed by atoms with E-state index in [1.807, 2.05) is 17.9 Å². The maximum Gasteiger partial charge on any atom is 0.0521 e. The molecule has 0 fully saturated rings. The van der Waals surface area contributed by atoms with E-state index >= 15 is 0 Å². The molecular formula is C15H29N3. The molecule has 0 aliphatic carbocycles. The summed E-state index contributed by atoms with van der Waals surface area (Å²) in [7, 11) is 1.98. The number of hydrogen-bond acceptors (Lipinski definition) is 2. The standard InChI is InChI=1S/C15H29N3/c1-6-15(7-2,12-16-13(3)4)9-8-14-10-17-18(5)11-14/h10-11,13,16H,6-9,12H2,1-5H3. The molecule has 104 valence electrons. The molecule has 0 bridgehead atoms. The maximum atomic E-state index is 4.24. The van der Waals surface area contributed by atoms with Gasteiger partial charge in [0.1, 0.15) is 0 Å². The first-order valence-corrected chi connectivity index (χ1v) is 7.22. The Morgan fingerprint density at radius 3 is 2.44 bits per heavy atom. The Morgan fingerprint density at radius 1 is 1.33 bits per heavy atom. The van der Waals surface area contributed by atoms with Crippen LogP contribution in [0.25, 0.3) is 0 Å². The normalized spacial score (nSPS) is 12.3. The first-order chi connectivity index (χ1) is 8.51. The minimum absolute atomic E-state index is 0.431. The Labute approximate surface area is 112 Å². The molecule has 0 saturated carbocycles. The summed E-state index contributed by atoms with van der Waals surface area (Å²) in [5.74, 6) is 0. The molecule has 1 rings (SSSR count). The van der Waals surface area contributed by atoms with E-state index in [2.05, 4.69) is 44.3 Å². The lowest BCUT2D eigenvalue weighted by Crippen LogP contribution is -2.37. The molecule has 1 aromatic heterocycles. The smallest absolute Gasteiger partial charge is 0.0521 e. The van der Waals surface area contributed by atoms with Gasteiger partial charge in [-0.15, -0.1) is 0 Å². The zero-order valence-electron chi connectivity index (χ0n) is 12.7. The minimum Gasteiger partial charge on any atom is -0.314 e.